The number of aromatic nitrogens is 2. The third-order valence-electron chi connectivity index (χ3n) is 3.24. The van der Waals surface area contributed by atoms with Crippen molar-refractivity contribution in [1.29, 1.82) is 0 Å². The topological polar surface area (TPSA) is 59.2 Å². The molecule has 0 radical (unpaired) electrons. The maximum Gasteiger partial charge on any atom is 0.163 e. The van der Waals surface area contributed by atoms with Gasteiger partial charge in [0.2, 0.25) is 0 Å². The summed E-state index contributed by atoms with van der Waals surface area (Å²) in [5.41, 5.74) is 1.97. The van der Waals surface area contributed by atoms with E-state index in [1.54, 1.807) is 0 Å². The van der Waals surface area contributed by atoms with Gasteiger partial charge in [0.05, 0.1) is 24.2 Å². The summed E-state index contributed by atoms with van der Waals surface area (Å²) in [6, 6.07) is 3.96. The number of rotatable bonds is 4. The van der Waals surface area contributed by atoms with E-state index in [4.69, 9.17) is 9.47 Å². The van der Waals surface area contributed by atoms with Crippen LogP contribution in [0.2, 0.25) is 0 Å². The molecule has 0 amide bonds. The Morgan fingerprint density at radius 1 is 1.26 bits per heavy atom. The minimum Gasteiger partial charge on any atom is -0.489 e. The number of nitrogens with zero attached hydrogens (tertiary/aromatic N) is 1. The van der Waals surface area contributed by atoms with Gasteiger partial charge in [0.25, 0.3) is 0 Å². The van der Waals surface area contributed by atoms with E-state index in [-0.39, 0.29) is 0 Å². The van der Waals surface area contributed by atoms with Crippen LogP contribution in [0.25, 0.3) is 11.0 Å². The summed E-state index contributed by atoms with van der Waals surface area (Å²) in [4.78, 5) is 7.95. The largest absolute Gasteiger partial charge is 0.489 e. The molecule has 0 saturated heterocycles. The number of benzene rings is 1. The van der Waals surface area contributed by atoms with Crippen LogP contribution in [0.5, 0.6) is 11.5 Å². The van der Waals surface area contributed by atoms with Crippen molar-refractivity contribution in [2.45, 2.75) is 19.3 Å². The van der Waals surface area contributed by atoms with Crippen LogP contribution in [0.15, 0.2) is 12.1 Å². The first-order chi connectivity index (χ1) is 9.36. The molecule has 2 heterocycles. The highest BCUT2D eigenvalue weighted by Crippen LogP contribution is 2.33. The van der Waals surface area contributed by atoms with Crippen LogP contribution in [0, 0.1) is 0 Å². The number of hydrogen-bond acceptors (Lipinski definition) is 4. The SMILES string of the molecule is CNCCCc1nc2cc3c(cc2[nH]1)OCCCO3. The van der Waals surface area contributed by atoms with E-state index in [0.29, 0.717) is 13.2 Å². The maximum absolute atomic E-state index is 5.68. The van der Waals surface area contributed by atoms with E-state index in [1.807, 2.05) is 19.2 Å². The summed E-state index contributed by atoms with van der Waals surface area (Å²) in [6.07, 6.45) is 2.94. The molecule has 1 aromatic heterocycles. The molecule has 2 N–H and O–H groups in total. The Bertz CT molecular complexity index is 522. The summed E-state index contributed by atoms with van der Waals surface area (Å²) in [5.74, 6) is 2.64. The van der Waals surface area contributed by atoms with Gasteiger partial charge in [0.1, 0.15) is 5.82 Å². The molecular weight excluding hydrogens is 242 g/mol. The third-order valence-corrected chi connectivity index (χ3v) is 3.24. The number of imidazole rings is 1. The molecule has 0 unspecified atom stereocenters. The smallest absolute Gasteiger partial charge is 0.163 e. The van der Waals surface area contributed by atoms with E-state index in [0.717, 1.165) is 54.2 Å². The average molecular weight is 261 g/mol. The molecule has 1 aliphatic rings. The van der Waals surface area contributed by atoms with Crippen LogP contribution in [0.4, 0.5) is 0 Å². The minimum atomic E-state index is 0.706. The summed E-state index contributed by atoms with van der Waals surface area (Å²) in [5, 5.41) is 3.14. The zero-order valence-electron chi connectivity index (χ0n) is 11.2. The number of aryl methyl sites for hydroxylation is 1. The van der Waals surface area contributed by atoms with Gasteiger partial charge in [-0.1, -0.05) is 0 Å². The molecule has 1 aliphatic heterocycles. The fourth-order valence-corrected chi connectivity index (χ4v) is 2.27. The Balaban J connectivity index is 1.86. The van der Waals surface area contributed by atoms with Crippen molar-refractivity contribution in [3.8, 4) is 11.5 Å². The molecule has 0 bridgehead atoms. The summed E-state index contributed by atoms with van der Waals surface area (Å²) in [6.45, 7) is 2.42. The van der Waals surface area contributed by atoms with Crippen LogP contribution < -0.4 is 14.8 Å². The number of H-pyrrole nitrogens is 1. The Hall–Kier alpha value is -1.75. The lowest BCUT2D eigenvalue weighted by atomic mass is 10.3. The number of aromatic amines is 1. The molecule has 102 valence electrons. The molecule has 0 fully saturated rings. The van der Waals surface area contributed by atoms with Crippen LogP contribution >= 0.6 is 0 Å². The summed E-state index contributed by atoms with van der Waals surface area (Å²) in [7, 11) is 1.96. The van der Waals surface area contributed by atoms with Gasteiger partial charge in [-0.2, -0.15) is 0 Å². The zero-order valence-corrected chi connectivity index (χ0v) is 11.2. The van der Waals surface area contributed by atoms with Gasteiger partial charge in [0.15, 0.2) is 11.5 Å². The van der Waals surface area contributed by atoms with E-state index < -0.39 is 0 Å². The fourth-order valence-electron chi connectivity index (χ4n) is 2.27. The van der Waals surface area contributed by atoms with Gasteiger partial charge in [-0.05, 0) is 20.0 Å². The van der Waals surface area contributed by atoms with Crippen molar-refractivity contribution < 1.29 is 9.47 Å². The van der Waals surface area contributed by atoms with Crippen molar-refractivity contribution in [3.63, 3.8) is 0 Å². The predicted molar refractivity (Wildman–Crippen MR) is 73.9 cm³/mol. The van der Waals surface area contributed by atoms with Crippen LogP contribution in [0.3, 0.4) is 0 Å². The highest BCUT2D eigenvalue weighted by atomic mass is 16.5. The molecule has 2 aromatic rings. The molecule has 5 nitrogen and oxygen atoms in total. The first kappa shape index (κ1) is 12.3. The molecule has 19 heavy (non-hydrogen) atoms. The fraction of sp³-hybridized carbons (Fsp3) is 0.500. The molecule has 0 atom stereocenters. The van der Waals surface area contributed by atoms with Gasteiger partial charge >= 0.3 is 0 Å². The quantitative estimate of drug-likeness (QED) is 0.825. The first-order valence-electron chi connectivity index (χ1n) is 6.79. The summed E-state index contributed by atoms with van der Waals surface area (Å²) < 4.78 is 11.4. The molecule has 0 aliphatic carbocycles. The van der Waals surface area contributed by atoms with Gasteiger partial charge in [-0.3, -0.25) is 0 Å². The Kier molecular flexibility index (Phi) is 3.55. The van der Waals surface area contributed by atoms with Crippen molar-refractivity contribution in [2.75, 3.05) is 26.8 Å². The average Bonchev–Trinajstić information content (AvgIpc) is 2.65. The van der Waals surface area contributed by atoms with E-state index in [1.165, 1.54) is 0 Å². The third kappa shape index (κ3) is 2.66. The lowest BCUT2D eigenvalue weighted by Crippen LogP contribution is -2.08. The molecule has 5 heteroatoms. The second-order valence-corrected chi connectivity index (χ2v) is 4.76. The lowest BCUT2D eigenvalue weighted by molar-refractivity contribution is 0.297. The number of fused-ring (bicyclic) bond motifs is 2. The highest BCUT2D eigenvalue weighted by molar-refractivity contribution is 5.79. The van der Waals surface area contributed by atoms with Gasteiger partial charge in [-0.25, -0.2) is 4.98 Å². The minimum absolute atomic E-state index is 0.706. The molecular formula is C14H19N3O2. The second-order valence-electron chi connectivity index (χ2n) is 4.76. The predicted octanol–water partition coefficient (Wildman–Crippen LogP) is 1.88. The standard InChI is InChI=1S/C14H19N3O2/c1-15-5-2-4-14-16-10-8-12-13(9-11(10)17-14)19-7-3-6-18-12/h8-9,15H,2-7H2,1H3,(H,16,17). The van der Waals surface area contributed by atoms with E-state index in [2.05, 4.69) is 15.3 Å². The Labute approximate surface area is 112 Å². The normalized spacial score (nSPS) is 14.6. The molecule has 1 aromatic carbocycles. The van der Waals surface area contributed by atoms with Crippen molar-refractivity contribution in [3.05, 3.63) is 18.0 Å². The van der Waals surface area contributed by atoms with E-state index >= 15 is 0 Å². The van der Waals surface area contributed by atoms with Gasteiger partial charge in [0, 0.05) is 25.0 Å². The van der Waals surface area contributed by atoms with Crippen molar-refractivity contribution >= 4 is 11.0 Å². The van der Waals surface area contributed by atoms with Gasteiger partial charge in [-0.15, -0.1) is 0 Å². The van der Waals surface area contributed by atoms with Crippen LogP contribution in [-0.2, 0) is 6.42 Å². The van der Waals surface area contributed by atoms with E-state index in [9.17, 15) is 0 Å². The zero-order chi connectivity index (χ0) is 13.1. The highest BCUT2D eigenvalue weighted by Gasteiger charge is 2.13. The molecule has 3 rings (SSSR count). The van der Waals surface area contributed by atoms with Crippen molar-refractivity contribution in [2.24, 2.45) is 0 Å². The number of nitrogens with one attached hydrogen (secondary N) is 2. The second kappa shape index (κ2) is 5.48. The monoisotopic (exact) mass is 261 g/mol. The Morgan fingerprint density at radius 3 is 2.84 bits per heavy atom. The lowest BCUT2D eigenvalue weighted by Gasteiger charge is -2.05. The van der Waals surface area contributed by atoms with Crippen LogP contribution in [0.1, 0.15) is 18.7 Å². The number of hydrogen-bond donors (Lipinski definition) is 2. The van der Waals surface area contributed by atoms with Crippen molar-refractivity contribution in [1.82, 2.24) is 15.3 Å². The first-order valence-corrected chi connectivity index (χ1v) is 6.79. The molecule has 0 saturated carbocycles. The summed E-state index contributed by atoms with van der Waals surface area (Å²) >= 11 is 0. The number of ether oxygens (including phenoxy) is 2. The molecule has 0 spiro atoms. The van der Waals surface area contributed by atoms with Crippen LogP contribution in [-0.4, -0.2) is 36.8 Å². The van der Waals surface area contributed by atoms with Gasteiger partial charge < -0.3 is 19.8 Å². The Morgan fingerprint density at radius 2 is 2.05 bits per heavy atom. The maximum atomic E-state index is 5.68.